The summed E-state index contributed by atoms with van der Waals surface area (Å²) in [6.07, 6.45) is -13.8. The Kier molecular flexibility index (Phi) is 15.7. The van der Waals surface area contributed by atoms with Gasteiger partial charge in [-0.05, 0) is 220 Å². The smallest absolute Gasteiger partial charge is 0.405 e. The second-order valence-corrected chi connectivity index (χ2v) is 31.5. The summed E-state index contributed by atoms with van der Waals surface area (Å²) in [5.41, 5.74) is -18.0. The maximum atomic E-state index is 12.3. The Balaban J connectivity index is 0.000000265. The monoisotopic (exact) mass is 1260 g/mol. The molecular formula is C58H100B4F6O14S2. The molecule has 4 heterocycles. The van der Waals surface area contributed by atoms with E-state index in [0.29, 0.717) is 6.42 Å². The highest BCUT2D eigenvalue weighted by molar-refractivity contribution is 7.88. The van der Waals surface area contributed by atoms with Gasteiger partial charge in [-0.15, -0.1) is 0 Å². The second-order valence-electron chi connectivity index (χ2n) is 28.4. The summed E-state index contributed by atoms with van der Waals surface area (Å²) in [6, 6.07) is -1.41. The third kappa shape index (κ3) is 19.0. The molecule has 26 heteroatoms. The lowest BCUT2D eigenvalue weighted by molar-refractivity contribution is -0.0529. The van der Waals surface area contributed by atoms with E-state index < -0.39 is 185 Å². The highest BCUT2D eigenvalue weighted by atomic mass is 32.2. The summed E-state index contributed by atoms with van der Waals surface area (Å²) >= 11 is 0. The van der Waals surface area contributed by atoms with Gasteiger partial charge in [0.2, 0.25) is 0 Å². The normalized spacial score (nSPS) is 36.4. The first-order chi connectivity index (χ1) is 43.6. The summed E-state index contributed by atoms with van der Waals surface area (Å²) in [5.74, 6) is -2.54. The van der Waals surface area contributed by atoms with E-state index in [-0.39, 0.29) is 58.3 Å². The number of alkyl halides is 6. The van der Waals surface area contributed by atoms with E-state index in [4.69, 9.17) is 59.2 Å². The van der Waals surface area contributed by atoms with Gasteiger partial charge < -0.3 is 45.6 Å². The first kappa shape index (κ1) is 52.7. The highest BCUT2D eigenvalue weighted by Gasteiger charge is 2.64. The van der Waals surface area contributed by atoms with Gasteiger partial charge >= 0.3 is 59.5 Å². The van der Waals surface area contributed by atoms with E-state index in [1.54, 1.807) is 0 Å². The molecule has 4 fully saturated rings. The van der Waals surface area contributed by atoms with Crippen LogP contribution in [-0.2, 0) is 65.8 Å². The number of rotatable bonds is 7. The largest absolute Gasteiger partial charge is 0.534 e. The van der Waals surface area contributed by atoms with Crippen LogP contribution in [0.4, 0.5) is 26.3 Å². The minimum absolute atomic E-state index is 0.00486. The van der Waals surface area contributed by atoms with Crippen molar-refractivity contribution in [3.05, 3.63) is 46.7 Å². The summed E-state index contributed by atoms with van der Waals surface area (Å²) in [7, 11) is -14.9. The van der Waals surface area contributed by atoms with Gasteiger partial charge in [0.05, 0.1) is 50.3 Å². The second kappa shape index (κ2) is 25.0. The molecule has 0 bridgehead atoms. The molecular weight excluding hydrogens is 1140 g/mol. The van der Waals surface area contributed by atoms with Crippen LogP contribution in [0, 0.1) is 21.7 Å². The third-order valence-electron chi connectivity index (χ3n) is 16.0. The van der Waals surface area contributed by atoms with Gasteiger partial charge in [-0.1, -0.05) is 67.5 Å². The lowest BCUT2D eigenvalue weighted by atomic mass is 9.49. The van der Waals surface area contributed by atoms with E-state index >= 15 is 0 Å². The van der Waals surface area contributed by atoms with Gasteiger partial charge in [-0.25, -0.2) is 0 Å². The molecule has 0 saturated carbocycles. The molecule has 4 aliphatic carbocycles. The van der Waals surface area contributed by atoms with Crippen molar-refractivity contribution in [3.8, 4) is 0 Å². The maximum absolute atomic E-state index is 12.3. The van der Waals surface area contributed by atoms with Crippen LogP contribution in [0.3, 0.4) is 0 Å². The van der Waals surface area contributed by atoms with Crippen molar-refractivity contribution in [3.63, 3.8) is 0 Å². The van der Waals surface area contributed by atoms with Crippen LogP contribution in [0.5, 0.6) is 0 Å². The van der Waals surface area contributed by atoms with Crippen molar-refractivity contribution < 1.29 is 111 Å². The molecule has 8 rings (SSSR count). The molecule has 4 atom stereocenters. The number of allylic oxidation sites excluding steroid dienone is 8. The zero-order chi connectivity index (χ0) is 79.1. The summed E-state index contributed by atoms with van der Waals surface area (Å²) in [5, 5.41) is 0. The van der Waals surface area contributed by atoms with Gasteiger partial charge in [-0.3, -0.25) is 0 Å². The van der Waals surface area contributed by atoms with Gasteiger partial charge in [0.15, 0.2) is 0 Å². The molecule has 0 N–H and O–H groups in total. The van der Waals surface area contributed by atoms with Crippen molar-refractivity contribution in [1.29, 1.82) is 0 Å². The van der Waals surface area contributed by atoms with Gasteiger partial charge in [0, 0.05) is 29.2 Å². The SMILES string of the molecule is CC1(C)OB(B2OC(C)(C)C(C)(C)O2)OC1(C)C.[2H]C1=C(B2OC(C)(C)C(C)(C)O2)C([2H])([2H])C([2H])C(C)(C)C1.[2H]C1=C(B2OC(C)(C)C(C)(C)O2)C([2H])([2H])CC(C)(C)C1[2H].[2H]C1=C(OS(=O)(=O)C(F)(F)F)C([2H])([2H])C([2H])C(C)(C)C1.[2H]C1=C(OS(=O)(=O)C(F)(F)F)C([2H])([2H])CC(C)(C)C1[2H]. The van der Waals surface area contributed by atoms with E-state index in [1.807, 2.05) is 138 Å². The average Bonchev–Trinajstić information content (AvgIpc) is 1.67. The van der Waals surface area contributed by atoms with Crippen molar-refractivity contribution >= 4 is 48.5 Å². The summed E-state index contributed by atoms with van der Waals surface area (Å²) in [6.45, 7) is 44.6. The Morgan fingerprint density at radius 1 is 0.405 bits per heavy atom. The standard InChI is InChI=1S/2C14H25BO2.C12H24B2O4.2C9H13F3O3S/c2*1-12(2)9-7-11(8-10-12)15-16-13(3,4)14(5,6)17-15;1-9(2)10(3,4)16-13(15-9)14-17-11(5,6)12(7,8)18-14;2*1-8(2)5-3-7(4-6-8)15-16(13,14)9(10,11)12/h2*7H,8-10H2,1-6H3;1-8H3;2*3H,4-6H2,1-2H3/i7D,8D2,10D;7D,8D2,9D;;3D,4D2,6D;3D,4D2,5D. The van der Waals surface area contributed by atoms with Crippen molar-refractivity contribution in [1.82, 2.24) is 0 Å². The Bertz CT molecular complexity index is 3340. The van der Waals surface area contributed by atoms with E-state index in [0.717, 1.165) is 0 Å². The minimum Gasteiger partial charge on any atom is -0.405 e. The maximum Gasteiger partial charge on any atom is 0.534 e. The van der Waals surface area contributed by atoms with E-state index in [9.17, 15) is 43.2 Å². The lowest BCUT2D eigenvalue weighted by Crippen LogP contribution is -2.41. The van der Waals surface area contributed by atoms with Crippen LogP contribution < -0.4 is 0 Å². The Morgan fingerprint density at radius 2 is 0.690 bits per heavy atom. The summed E-state index contributed by atoms with van der Waals surface area (Å²) < 4.78 is 299. The molecule has 482 valence electrons. The number of hydrogen-bond acceptors (Lipinski definition) is 14. The molecule has 8 aliphatic rings. The fourth-order valence-electron chi connectivity index (χ4n) is 7.38. The van der Waals surface area contributed by atoms with Crippen LogP contribution in [0.25, 0.3) is 0 Å². The van der Waals surface area contributed by atoms with Gasteiger partial charge in [0.25, 0.3) is 0 Å². The lowest BCUT2D eigenvalue weighted by Gasteiger charge is -2.32. The zero-order valence-corrected chi connectivity index (χ0v) is 54.9. The predicted molar refractivity (Wildman–Crippen MR) is 319 cm³/mol. The van der Waals surface area contributed by atoms with Crippen LogP contribution >= 0.6 is 0 Å². The fourth-order valence-corrected chi connectivity index (χ4v) is 8.23. The average molecular weight is 1260 g/mol. The molecule has 14 nitrogen and oxygen atoms in total. The fraction of sp³-hybridized carbons (Fsp3) is 0.862. The molecule has 4 unspecified atom stereocenters. The van der Waals surface area contributed by atoms with Crippen molar-refractivity contribution in [2.45, 2.75) is 299 Å². The number of hydrogen-bond donors (Lipinski definition) is 0. The molecule has 0 aromatic rings. The molecule has 0 radical (unpaired) electrons. The first-order valence-electron chi connectivity index (χ1n) is 35.8. The van der Waals surface area contributed by atoms with Crippen LogP contribution in [0.2, 0.25) is 0 Å². The Hall–Kier alpha value is -2.02. The number of halogens is 6. The first-order valence-corrected chi connectivity index (χ1v) is 30.3. The minimum atomic E-state index is -6.06. The van der Waals surface area contributed by atoms with Crippen LogP contribution in [0.1, 0.15) is 265 Å². The van der Waals surface area contributed by atoms with Crippen molar-refractivity contribution in [2.24, 2.45) is 21.7 Å². The molecule has 84 heavy (non-hydrogen) atoms. The Morgan fingerprint density at radius 3 is 1.05 bits per heavy atom. The molecule has 0 aromatic carbocycles. The molecule has 4 aliphatic heterocycles. The molecule has 4 saturated heterocycles. The predicted octanol–water partition coefficient (Wildman–Crippen LogP) is 15.7. The third-order valence-corrected chi connectivity index (χ3v) is 17.9. The van der Waals surface area contributed by atoms with Gasteiger partial charge in [-0.2, -0.15) is 43.2 Å². The zero-order valence-electron chi connectivity index (χ0n) is 69.2. The summed E-state index contributed by atoms with van der Waals surface area (Å²) in [4.78, 5) is 0. The van der Waals surface area contributed by atoms with Crippen LogP contribution in [0.15, 0.2) is 46.7 Å². The van der Waals surface area contributed by atoms with E-state index in [1.165, 1.54) is 27.7 Å². The van der Waals surface area contributed by atoms with Gasteiger partial charge in [0.1, 0.15) is 11.5 Å². The quantitative estimate of drug-likeness (QED) is 0.102. The molecule has 0 amide bonds. The molecule has 0 aromatic heterocycles. The van der Waals surface area contributed by atoms with Crippen LogP contribution in [-0.4, -0.2) is 101 Å². The topological polar surface area (TPSA) is 161 Å². The Labute approximate surface area is 525 Å². The van der Waals surface area contributed by atoms with E-state index in [2.05, 4.69) is 8.37 Å². The molecule has 0 spiro atoms. The highest BCUT2D eigenvalue weighted by Crippen LogP contribution is 2.47. The van der Waals surface area contributed by atoms with Crippen molar-refractivity contribution in [2.75, 3.05) is 0 Å².